The van der Waals surface area contributed by atoms with Crippen LogP contribution in [0.25, 0.3) is 0 Å². The molecule has 23 heavy (non-hydrogen) atoms. The van der Waals surface area contributed by atoms with Gasteiger partial charge in [-0.25, -0.2) is 4.79 Å². The number of urea groups is 1. The van der Waals surface area contributed by atoms with Gasteiger partial charge >= 0.3 is 6.03 Å². The summed E-state index contributed by atoms with van der Waals surface area (Å²) >= 11 is 6.09. The van der Waals surface area contributed by atoms with Crippen molar-refractivity contribution < 1.29 is 14.3 Å². The molecule has 1 aromatic carbocycles. The van der Waals surface area contributed by atoms with E-state index in [2.05, 4.69) is 10.6 Å². The second-order valence-corrected chi connectivity index (χ2v) is 5.91. The number of benzene rings is 1. The first-order chi connectivity index (χ1) is 10.8. The number of nitrogens with zero attached hydrogens (tertiary/aromatic N) is 1. The van der Waals surface area contributed by atoms with Gasteiger partial charge in [-0.1, -0.05) is 11.6 Å². The summed E-state index contributed by atoms with van der Waals surface area (Å²) in [5.41, 5.74) is 1.48. The van der Waals surface area contributed by atoms with E-state index in [1.165, 1.54) is 14.0 Å². The van der Waals surface area contributed by atoms with Gasteiger partial charge in [0.25, 0.3) is 0 Å². The van der Waals surface area contributed by atoms with Gasteiger partial charge in [0.1, 0.15) is 5.75 Å². The van der Waals surface area contributed by atoms with Crippen LogP contribution in [0.4, 0.5) is 10.5 Å². The van der Waals surface area contributed by atoms with Crippen molar-refractivity contribution in [2.24, 2.45) is 0 Å². The minimum Gasteiger partial charge on any atom is -0.495 e. The Bertz CT molecular complexity index is 576. The highest BCUT2D eigenvalue weighted by Crippen LogP contribution is 2.33. The molecular weight excluding hydrogens is 318 g/mol. The summed E-state index contributed by atoms with van der Waals surface area (Å²) in [4.78, 5) is 25.1. The van der Waals surface area contributed by atoms with E-state index < -0.39 is 0 Å². The minimum atomic E-state index is -0.261. The molecule has 1 rings (SSSR count). The number of carbonyl (C=O) groups is 2. The summed E-state index contributed by atoms with van der Waals surface area (Å²) in [6.07, 6.45) is 0. The Labute approximate surface area is 142 Å². The van der Waals surface area contributed by atoms with Crippen LogP contribution < -0.4 is 20.3 Å². The number of halogens is 1. The SMILES string of the molecule is COc1cc(Cl)c(C)cc1N(CCNC(=O)NC(C)C)C(C)=O. The second-order valence-electron chi connectivity index (χ2n) is 5.50. The molecule has 0 aliphatic carbocycles. The van der Waals surface area contributed by atoms with Crippen molar-refractivity contribution >= 4 is 29.2 Å². The molecule has 0 radical (unpaired) electrons. The monoisotopic (exact) mass is 341 g/mol. The molecule has 0 aliphatic rings. The van der Waals surface area contributed by atoms with E-state index in [0.717, 1.165) is 5.56 Å². The molecule has 3 amide bonds. The van der Waals surface area contributed by atoms with Gasteiger partial charge in [0, 0.05) is 37.1 Å². The molecule has 0 saturated heterocycles. The van der Waals surface area contributed by atoms with Gasteiger partial charge in [-0.05, 0) is 32.4 Å². The Morgan fingerprint density at radius 3 is 2.52 bits per heavy atom. The van der Waals surface area contributed by atoms with Crippen LogP contribution in [0.2, 0.25) is 5.02 Å². The van der Waals surface area contributed by atoms with Crippen molar-refractivity contribution in [2.45, 2.75) is 33.7 Å². The Morgan fingerprint density at radius 1 is 1.35 bits per heavy atom. The number of amides is 3. The zero-order valence-electron chi connectivity index (χ0n) is 14.2. The fraction of sp³-hybridized carbons (Fsp3) is 0.500. The third-order valence-corrected chi connectivity index (χ3v) is 3.58. The summed E-state index contributed by atoms with van der Waals surface area (Å²) in [6.45, 7) is 7.74. The molecular formula is C16H24ClN3O3. The van der Waals surface area contributed by atoms with Crippen molar-refractivity contribution in [1.29, 1.82) is 0 Å². The molecule has 0 bridgehead atoms. The topological polar surface area (TPSA) is 70.7 Å². The second kappa shape index (κ2) is 8.62. The number of anilines is 1. The lowest BCUT2D eigenvalue weighted by atomic mass is 10.2. The van der Waals surface area contributed by atoms with Crippen LogP contribution in [0, 0.1) is 6.92 Å². The fourth-order valence-corrected chi connectivity index (χ4v) is 2.22. The maximum Gasteiger partial charge on any atom is 0.315 e. The van der Waals surface area contributed by atoms with Crippen molar-refractivity contribution in [3.8, 4) is 5.75 Å². The van der Waals surface area contributed by atoms with Crippen molar-refractivity contribution in [3.05, 3.63) is 22.7 Å². The molecule has 2 N–H and O–H groups in total. The molecule has 1 aromatic rings. The zero-order valence-corrected chi connectivity index (χ0v) is 15.0. The van der Waals surface area contributed by atoms with E-state index >= 15 is 0 Å². The average Bonchev–Trinajstić information content (AvgIpc) is 2.45. The first kappa shape index (κ1) is 19.1. The Kier molecular flexibility index (Phi) is 7.16. The summed E-state index contributed by atoms with van der Waals surface area (Å²) in [7, 11) is 1.52. The predicted octanol–water partition coefficient (Wildman–Crippen LogP) is 2.72. The van der Waals surface area contributed by atoms with E-state index in [4.69, 9.17) is 16.3 Å². The van der Waals surface area contributed by atoms with E-state index in [1.54, 1.807) is 17.0 Å². The lowest BCUT2D eigenvalue weighted by Gasteiger charge is -2.24. The molecule has 0 atom stereocenters. The Balaban J connectivity index is 2.85. The lowest BCUT2D eigenvalue weighted by Crippen LogP contribution is -2.43. The molecule has 128 valence electrons. The molecule has 0 fully saturated rings. The number of ether oxygens (including phenoxy) is 1. The van der Waals surface area contributed by atoms with E-state index in [0.29, 0.717) is 29.5 Å². The number of methoxy groups -OCH3 is 1. The third kappa shape index (κ3) is 5.63. The van der Waals surface area contributed by atoms with Crippen molar-refractivity contribution in [3.63, 3.8) is 0 Å². The van der Waals surface area contributed by atoms with Crippen LogP contribution in [0.3, 0.4) is 0 Å². The van der Waals surface area contributed by atoms with Crippen LogP contribution in [0.5, 0.6) is 5.75 Å². The number of nitrogens with one attached hydrogen (secondary N) is 2. The zero-order chi connectivity index (χ0) is 17.6. The number of hydrogen-bond donors (Lipinski definition) is 2. The van der Waals surface area contributed by atoms with E-state index in [9.17, 15) is 9.59 Å². The van der Waals surface area contributed by atoms with Crippen LogP contribution in [0.1, 0.15) is 26.3 Å². The smallest absolute Gasteiger partial charge is 0.315 e. The lowest BCUT2D eigenvalue weighted by molar-refractivity contribution is -0.116. The molecule has 0 spiro atoms. The predicted molar refractivity (Wildman–Crippen MR) is 92.4 cm³/mol. The minimum absolute atomic E-state index is 0.0536. The highest BCUT2D eigenvalue weighted by molar-refractivity contribution is 6.31. The molecule has 0 heterocycles. The van der Waals surface area contributed by atoms with Gasteiger partial charge in [0.05, 0.1) is 12.8 Å². The first-order valence-corrected chi connectivity index (χ1v) is 7.80. The Morgan fingerprint density at radius 2 is 2.00 bits per heavy atom. The summed E-state index contributed by atoms with van der Waals surface area (Å²) in [5.74, 6) is 0.374. The van der Waals surface area contributed by atoms with Gasteiger partial charge in [-0.15, -0.1) is 0 Å². The molecule has 0 aliphatic heterocycles. The van der Waals surface area contributed by atoms with Crippen molar-refractivity contribution in [2.75, 3.05) is 25.1 Å². The van der Waals surface area contributed by atoms with E-state index in [-0.39, 0.29) is 18.0 Å². The van der Waals surface area contributed by atoms with E-state index in [1.807, 2.05) is 20.8 Å². The molecule has 0 unspecified atom stereocenters. The standard InChI is InChI=1S/C16H24ClN3O3/c1-10(2)19-16(22)18-6-7-20(12(4)21)14-8-11(3)13(17)9-15(14)23-5/h8-10H,6-7H2,1-5H3,(H2,18,19,22). The molecule has 7 heteroatoms. The largest absolute Gasteiger partial charge is 0.495 e. The molecule has 0 saturated carbocycles. The van der Waals surface area contributed by atoms with Gasteiger partial charge < -0.3 is 20.3 Å². The van der Waals surface area contributed by atoms with Crippen LogP contribution in [0.15, 0.2) is 12.1 Å². The normalized spacial score (nSPS) is 10.4. The number of hydrogen-bond acceptors (Lipinski definition) is 3. The number of rotatable bonds is 6. The van der Waals surface area contributed by atoms with Gasteiger partial charge in [-0.3, -0.25) is 4.79 Å². The van der Waals surface area contributed by atoms with Gasteiger partial charge in [0.2, 0.25) is 5.91 Å². The average molecular weight is 342 g/mol. The van der Waals surface area contributed by atoms with Crippen LogP contribution in [-0.4, -0.2) is 38.2 Å². The maximum atomic E-state index is 12.0. The number of aryl methyl sites for hydroxylation is 1. The van der Waals surface area contributed by atoms with Gasteiger partial charge in [0.15, 0.2) is 0 Å². The van der Waals surface area contributed by atoms with Crippen LogP contribution >= 0.6 is 11.6 Å². The fourth-order valence-electron chi connectivity index (χ4n) is 2.06. The van der Waals surface area contributed by atoms with Gasteiger partial charge in [-0.2, -0.15) is 0 Å². The summed E-state index contributed by atoms with van der Waals surface area (Å²) in [5, 5.41) is 6.02. The maximum absolute atomic E-state index is 12.0. The van der Waals surface area contributed by atoms with Crippen molar-refractivity contribution in [1.82, 2.24) is 10.6 Å². The summed E-state index contributed by atoms with van der Waals surface area (Å²) in [6, 6.07) is 3.28. The highest BCUT2D eigenvalue weighted by Gasteiger charge is 2.18. The molecule has 0 aromatic heterocycles. The summed E-state index contributed by atoms with van der Waals surface area (Å²) < 4.78 is 5.31. The highest BCUT2D eigenvalue weighted by atomic mass is 35.5. The third-order valence-electron chi connectivity index (χ3n) is 3.17. The molecule has 6 nitrogen and oxygen atoms in total. The Hall–Kier alpha value is -1.95. The first-order valence-electron chi connectivity index (χ1n) is 7.42. The van der Waals surface area contributed by atoms with Crippen LogP contribution in [-0.2, 0) is 4.79 Å². The number of carbonyl (C=O) groups excluding carboxylic acids is 2. The quantitative estimate of drug-likeness (QED) is 0.835.